The lowest BCUT2D eigenvalue weighted by Gasteiger charge is -2.14. The summed E-state index contributed by atoms with van der Waals surface area (Å²) in [6, 6.07) is 3.47. The van der Waals surface area contributed by atoms with Crippen molar-refractivity contribution in [2.75, 3.05) is 19.8 Å². The Labute approximate surface area is 149 Å². The van der Waals surface area contributed by atoms with Crippen molar-refractivity contribution in [1.82, 2.24) is 0 Å². The highest BCUT2D eigenvalue weighted by molar-refractivity contribution is 9.11. The van der Waals surface area contributed by atoms with Gasteiger partial charge in [0, 0.05) is 6.07 Å². The molecule has 7 heteroatoms. The van der Waals surface area contributed by atoms with Crippen LogP contribution in [0.5, 0.6) is 11.5 Å². The van der Waals surface area contributed by atoms with Gasteiger partial charge >= 0.3 is 0 Å². The van der Waals surface area contributed by atoms with Crippen molar-refractivity contribution >= 4 is 33.2 Å². The van der Waals surface area contributed by atoms with Crippen molar-refractivity contribution in [2.24, 2.45) is 5.16 Å². The van der Waals surface area contributed by atoms with Crippen LogP contribution in [0, 0.1) is 0 Å². The van der Waals surface area contributed by atoms with E-state index in [1.54, 1.807) is 6.07 Å². The molecule has 0 fully saturated rings. The van der Waals surface area contributed by atoms with E-state index in [9.17, 15) is 4.39 Å². The van der Waals surface area contributed by atoms with Crippen LogP contribution in [0.4, 0.5) is 4.39 Å². The number of aryl methyl sites for hydroxylation is 1. The van der Waals surface area contributed by atoms with Crippen LogP contribution in [-0.2, 0) is 11.3 Å². The summed E-state index contributed by atoms with van der Waals surface area (Å²) in [5.74, 6) is 1.16. The highest BCUT2D eigenvalue weighted by Crippen LogP contribution is 2.34. The van der Waals surface area contributed by atoms with Gasteiger partial charge in [0.05, 0.1) is 10.7 Å². The number of hydrogen-bond acceptors (Lipinski definition) is 4. The molecule has 0 N–H and O–H groups in total. The fraction of sp³-hybridized carbons (Fsp3) is 0.438. The Morgan fingerprint density at radius 3 is 2.65 bits per heavy atom. The summed E-state index contributed by atoms with van der Waals surface area (Å²) in [5.41, 5.74) is 1.75. The molecule has 1 rings (SSSR count). The van der Waals surface area contributed by atoms with Crippen LogP contribution in [-0.4, -0.2) is 25.5 Å². The fourth-order valence-corrected chi connectivity index (χ4v) is 2.10. The van der Waals surface area contributed by atoms with E-state index in [1.165, 1.54) is 6.08 Å². The summed E-state index contributed by atoms with van der Waals surface area (Å²) >= 11 is 8.95. The summed E-state index contributed by atoms with van der Waals surface area (Å²) < 4.78 is 23.2. The van der Waals surface area contributed by atoms with Crippen molar-refractivity contribution in [3.8, 4) is 11.5 Å². The van der Waals surface area contributed by atoms with Gasteiger partial charge < -0.3 is 14.3 Å². The lowest BCUT2D eigenvalue weighted by molar-refractivity contribution is 0.106. The molecule has 4 nitrogen and oxygen atoms in total. The van der Waals surface area contributed by atoms with E-state index < -0.39 is 4.74 Å². The predicted octanol–water partition coefficient (Wildman–Crippen LogP) is 5.28. The molecular formula is C16H20BrClFNO3. The molecule has 0 bridgehead atoms. The van der Waals surface area contributed by atoms with Crippen LogP contribution >= 0.6 is 27.5 Å². The Hall–Kier alpha value is -1.27. The summed E-state index contributed by atoms with van der Waals surface area (Å²) in [7, 11) is 0. The van der Waals surface area contributed by atoms with Crippen LogP contribution in [0.3, 0.4) is 0 Å². The first-order valence-corrected chi connectivity index (χ1v) is 8.33. The molecule has 0 unspecified atom stereocenters. The van der Waals surface area contributed by atoms with Crippen LogP contribution in [0.25, 0.3) is 0 Å². The molecular weight excluding hydrogens is 389 g/mol. The number of benzene rings is 1. The van der Waals surface area contributed by atoms with E-state index in [-0.39, 0.29) is 6.61 Å². The monoisotopic (exact) mass is 407 g/mol. The van der Waals surface area contributed by atoms with E-state index in [1.807, 2.05) is 26.8 Å². The number of hydrogen-bond donors (Lipinski definition) is 0. The summed E-state index contributed by atoms with van der Waals surface area (Å²) in [6.45, 7) is 6.46. The summed E-state index contributed by atoms with van der Waals surface area (Å²) in [4.78, 5) is 5.08. The van der Waals surface area contributed by atoms with Crippen LogP contribution < -0.4 is 9.47 Å². The van der Waals surface area contributed by atoms with Crippen LogP contribution in [0.2, 0.25) is 5.02 Å². The molecule has 0 radical (unpaired) electrons. The average molecular weight is 409 g/mol. The lowest BCUT2D eigenvalue weighted by atomic mass is 10.1. The lowest BCUT2D eigenvalue weighted by Crippen LogP contribution is -2.07. The minimum Gasteiger partial charge on any atom is -0.489 e. The van der Waals surface area contributed by atoms with Crippen molar-refractivity contribution in [3.63, 3.8) is 0 Å². The maximum atomic E-state index is 12.6. The molecule has 0 heterocycles. The Bertz CT molecular complexity index is 571. The average Bonchev–Trinajstić information content (AvgIpc) is 2.47. The van der Waals surface area contributed by atoms with Gasteiger partial charge in [-0.05, 0) is 53.9 Å². The first kappa shape index (κ1) is 19.8. The van der Waals surface area contributed by atoms with Crippen LogP contribution in [0.15, 0.2) is 28.1 Å². The molecule has 23 heavy (non-hydrogen) atoms. The Morgan fingerprint density at radius 2 is 2.04 bits per heavy atom. The Kier molecular flexibility index (Phi) is 9.02. The largest absolute Gasteiger partial charge is 0.489 e. The maximum Gasteiger partial charge on any atom is 0.165 e. The number of ether oxygens (including phenoxy) is 2. The summed E-state index contributed by atoms with van der Waals surface area (Å²) in [6.07, 6.45) is 2.00. The zero-order valence-corrected chi connectivity index (χ0v) is 15.7. The van der Waals surface area contributed by atoms with Crippen molar-refractivity contribution in [3.05, 3.63) is 33.5 Å². The van der Waals surface area contributed by atoms with E-state index in [0.29, 0.717) is 29.7 Å². The van der Waals surface area contributed by atoms with Crippen molar-refractivity contribution in [2.45, 2.75) is 27.2 Å². The maximum absolute atomic E-state index is 12.6. The van der Waals surface area contributed by atoms with Gasteiger partial charge in [-0.15, -0.1) is 0 Å². The number of nitrogens with zero attached hydrogens (tertiary/aromatic N) is 1. The minimum atomic E-state index is -0.468. The molecule has 1 aromatic rings. The number of oxime groups is 1. The van der Waals surface area contributed by atoms with Gasteiger partial charge in [-0.25, -0.2) is 0 Å². The molecule has 0 atom stereocenters. The van der Waals surface area contributed by atoms with Gasteiger partial charge in [0.1, 0.15) is 24.7 Å². The van der Waals surface area contributed by atoms with Crippen molar-refractivity contribution in [1.29, 1.82) is 0 Å². The standard InChI is InChI=1S/C16H20BrClFNO3/c1-4-12-9-13(21-6-5-15(17)19)10-14(18)16(12)22-7-8-23-20-11(2)3/h5,9-10H,4,6-8H2,1-3H3/b15-5-. The topological polar surface area (TPSA) is 40.0 Å². The molecule has 0 saturated heterocycles. The minimum absolute atomic E-state index is 0.110. The normalized spacial score (nSPS) is 11.1. The van der Waals surface area contributed by atoms with Gasteiger partial charge in [0.15, 0.2) is 11.3 Å². The third-order valence-electron chi connectivity index (χ3n) is 2.63. The van der Waals surface area contributed by atoms with E-state index in [0.717, 1.165) is 17.7 Å². The van der Waals surface area contributed by atoms with Gasteiger partial charge in [-0.1, -0.05) is 23.7 Å². The SMILES string of the molecule is CCc1cc(OC/C=C(\F)Br)cc(Cl)c1OCCON=C(C)C. The molecule has 1 aromatic carbocycles. The second-order valence-electron chi connectivity index (χ2n) is 4.77. The molecule has 0 aliphatic rings. The number of rotatable bonds is 9. The first-order valence-electron chi connectivity index (χ1n) is 7.16. The van der Waals surface area contributed by atoms with Gasteiger partial charge in [0.2, 0.25) is 0 Å². The second kappa shape index (κ2) is 10.5. The molecule has 128 valence electrons. The fourth-order valence-electron chi connectivity index (χ4n) is 1.69. The summed E-state index contributed by atoms with van der Waals surface area (Å²) in [5, 5.41) is 4.27. The quantitative estimate of drug-likeness (QED) is 0.317. The zero-order valence-electron chi connectivity index (χ0n) is 13.4. The second-order valence-corrected chi connectivity index (χ2v) is 5.94. The van der Waals surface area contributed by atoms with Gasteiger partial charge in [0.25, 0.3) is 0 Å². The van der Waals surface area contributed by atoms with Crippen molar-refractivity contribution < 1.29 is 18.7 Å². The first-order chi connectivity index (χ1) is 10.9. The highest BCUT2D eigenvalue weighted by Gasteiger charge is 2.11. The Morgan fingerprint density at radius 1 is 1.30 bits per heavy atom. The smallest absolute Gasteiger partial charge is 0.165 e. The third kappa shape index (κ3) is 7.70. The molecule has 0 aliphatic carbocycles. The zero-order chi connectivity index (χ0) is 17.2. The molecule has 0 aromatic heterocycles. The van der Waals surface area contributed by atoms with E-state index >= 15 is 0 Å². The molecule has 0 aliphatic heterocycles. The molecule has 0 saturated carbocycles. The molecule has 0 amide bonds. The van der Waals surface area contributed by atoms with Crippen LogP contribution in [0.1, 0.15) is 26.3 Å². The van der Waals surface area contributed by atoms with Gasteiger partial charge in [-0.2, -0.15) is 4.39 Å². The Balaban J connectivity index is 2.69. The van der Waals surface area contributed by atoms with Gasteiger partial charge in [-0.3, -0.25) is 0 Å². The predicted molar refractivity (Wildman–Crippen MR) is 94.7 cm³/mol. The molecule has 0 spiro atoms. The number of halogens is 3. The van der Waals surface area contributed by atoms with E-state index in [2.05, 4.69) is 21.1 Å². The highest BCUT2D eigenvalue weighted by atomic mass is 79.9. The third-order valence-corrected chi connectivity index (χ3v) is 3.24. The van der Waals surface area contributed by atoms with E-state index in [4.69, 9.17) is 25.9 Å².